The zero-order chi connectivity index (χ0) is 20.7. The molecule has 1 unspecified atom stereocenters. The molecule has 1 atom stereocenters. The van der Waals surface area contributed by atoms with E-state index in [0.717, 1.165) is 0 Å². The maximum Gasteiger partial charge on any atom is 0.325 e. The molecule has 0 aliphatic heterocycles. The van der Waals surface area contributed by atoms with Gasteiger partial charge in [0.15, 0.2) is 6.10 Å². The van der Waals surface area contributed by atoms with E-state index in [0.29, 0.717) is 20.9 Å². The van der Waals surface area contributed by atoms with Gasteiger partial charge in [-0.2, -0.15) is 0 Å². The van der Waals surface area contributed by atoms with Gasteiger partial charge in [-0.3, -0.25) is 14.4 Å². The summed E-state index contributed by atoms with van der Waals surface area (Å²) in [5.41, 5.74) is 0.706. The van der Waals surface area contributed by atoms with Crippen LogP contribution in [0.15, 0.2) is 46.9 Å². The Bertz CT molecular complexity index is 890. The fourth-order valence-corrected chi connectivity index (χ4v) is 2.90. The predicted octanol–water partition coefficient (Wildman–Crippen LogP) is 3.41. The number of amides is 2. The molecule has 0 aliphatic rings. The van der Waals surface area contributed by atoms with Gasteiger partial charge in [-0.1, -0.05) is 17.7 Å². The largest absolute Gasteiger partial charge is 0.480 e. The van der Waals surface area contributed by atoms with E-state index in [1.54, 1.807) is 43.3 Å². The van der Waals surface area contributed by atoms with E-state index in [4.69, 9.17) is 16.3 Å². The molecule has 2 amide bonds. The molecule has 7 nitrogen and oxygen atoms in total. The SMILES string of the molecule is COC(=O)CNC(=O)c1cccc(NC(=O)C(C)Oc2ccc(Cl)cc2Br)c1. The average molecular weight is 470 g/mol. The summed E-state index contributed by atoms with van der Waals surface area (Å²) in [6.07, 6.45) is -0.797. The van der Waals surface area contributed by atoms with Crippen LogP contribution in [0.3, 0.4) is 0 Å². The van der Waals surface area contributed by atoms with Crippen LogP contribution < -0.4 is 15.4 Å². The molecule has 2 N–H and O–H groups in total. The highest BCUT2D eigenvalue weighted by molar-refractivity contribution is 9.10. The third-order valence-corrected chi connectivity index (χ3v) is 4.43. The summed E-state index contributed by atoms with van der Waals surface area (Å²) in [7, 11) is 1.23. The zero-order valence-corrected chi connectivity index (χ0v) is 17.5. The average Bonchev–Trinajstić information content (AvgIpc) is 2.68. The lowest BCUT2D eigenvalue weighted by Crippen LogP contribution is -2.31. The Morgan fingerprint density at radius 3 is 2.61 bits per heavy atom. The molecular weight excluding hydrogens is 452 g/mol. The third-order valence-electron chi connectivity index (χ3n) is 3.58. The van der Waals surface area contributed by atoms with E-state index >= 15 is 0 Å². The minimum absolute atomic E-state index is 0.243. The topological polar surface area (TPSA) is 93.7 Å². The fraction of sp³-hybridized carbons (Fsp3) is 0.211. The molecule has 0 saturated carbocycles. The minimum atomic E-state index is -0.797. The van der Waals surface area contributed by atoms with Gasteiger partial charge >= 0.3 is 5.97 Å². The third kappa shape index (κ3) is 6.24. The molecule has 0 heterocycles. The normalized spacial score (nSPS) is 11.3. The van der Waals surface area contributed by atoms with Crippen LogP contribution >= 0.6 is 27.5 Å². The number of hydrogen-bond acceptors (Lipinski definition) is 5. The van der Waals surface area contributed by atoms with Gasteiger partial charge in [-0.25, -0.2) is 0 Å². The van der Waals surface area contributed by atoms with E-state index in [1.807, 2.05) is 0 Å². The Morgan fingerprint density at radius 1 is 1.18 bits per heavy atom. The molecule has 2 rings (SSSR count). The molecule has 0 fully saturated rings. The fourth-order valence-electron chi connectivity index (χ4n) is 2.12. The Balaban J connectivity index is 1.99. The molecule has 148 valence electrons. The molecule has 0 spiro atoms. The smallest absolute Gasteiger partial charge is 0.325 e. The van der Waals surface area contributed by atoms with Crippen molar-refractivity contribution < 1.29 is 23.9 Å². The standard InChI is InChI=1S/C19H18BrClN2O5/c1-11(28-16-7-6-13(21)9-15(16)20)18(25)23-14-5-3-4-12(8-14)19(26)22-10-17(24)27-2/h3-9,11H,10H2,1-2H3,(H,22,26)(H,23,25). The molecule has 0 bridgehead atoms. The molecular formula is C19H18BrClN2O5. The van der Waals surface area contributed by atoms with Gasteiger partial charge in [0.25, 0.3) is 11.8 Å². The first kappa shape index (κ1) is 21.7. The molecule has 0 saturated heterocycles. The van der Waals surface area contributed by atoms with Crippen molar-refractivity contribution in [3.8, 4) is 5.75 Å². The zero-order valence-electron chi connectivity index (χ0n) is 15.1. The monoisotopic (exact) mass is 468 g/mol. The van der Waals surface area contributed by atoms with Gasteiger partial charge in [0.1, 0.15) is 12.3 Å². The first-order chi connectivity index (χ1) is 13.3. The number of hydrogen-bond donors (Lipinski definition) is 2. The lowest BCUT2D eigenvalue weighted by Gasteiger charge is -2.16. The van der Waals surface area contributed by atoms with Crippen molar-refractivity contribution in [2.75, 3.05) is 19.0 Å². The van der Waals surface area contributed by atoms with E-state index in [2.05, 4.69) is 31.3 Å². The van der Waals surface area contributed by atoms with E-state index in [9.17, 15) is 14.4 Å². The number of carbonyl (C=O) groups excluding carboxylic acids is 3. The van der Waals surface area contributed by atoms with Crippen molar-refractivity contribution in [2.24, 2.45) is 0 Å². The highest BCUT2D eigenvalue weighted by atomic mass is 79.9. The number of ether oxygens (including phenoxy) is 2. The number of esters is 1. The number of carbonyl (C=O) groups is 3. The van der Waals surface area contributed by atoms with Crippen molar-refractivity contribution in [2.45, 2.75) is 13.0 Å². The molecule has 28 heavy (non-hydrogen) atoms. The number of methoxy groups -OCH3 is 1. The van der Waals surface area contributed by atoms with Crippen molar-refractivity contribution in [3.05, 3.63) is 57.5 Å². The summed E-state index contributed by atoms with van der Waals surface area (Å²) < 4.78 is 10.7. The van der Waals surface area contributed by atoms with Crippen LogP contribution in [0.1, 0.15) is 17.3 Å². The summed E-state index contributed by atoms with van der Waals surface area (Å²) in [5.74, 6) is -0.940. The summed E-state index contributed by atoms with van der Waals surface area (Å²) in [4.78, 5) is 35.6. The van der Waals surface area contributed by atoms with Gasteiger partial charge in [-0.05, 0) is 59.3 Å². The van der Waals surface area contributed by atoms with Crippen LogP contribution in [0.25, 0.3) is 0 Å². The lowest BCUT2D eigenvalue weighted by molar-refractivity contribution is -0.139. The highest BCUT2D eigenvalue weighted by Crippen LogP contribution is 2.28. The van der Waals surface area contributed by atoms with Crippen molar-refractivity contribution in [1.82, 2.24) is 5.32 Å². The minimum Gasteiger partial charge on any atom is -0.480 e. The van der Waals surface area contributed by atoms with Crippen LogP contribution in [0.4, 0.5) is 5.69 Å². The maximum absolute atomic E-state index is 12.4. The number of halogens is 2. The highest BCUT2D eigenvalue weighted by Gasteiger charge is 2.17. The predicted molar refractivity (Wildman–Crippen MR) is 109 cm³/mol. The van der Waals surface area contributed by atoms with Crippen LogP contribution in [0, 0.1) is 0 Å². The van der Waals surface area contributed by atoms with E-state index < -0.39 is 23.9 Å². The van der Waals surface area contributed by atoms with Gasteiger partial charge in [0.2, 0.25) is 0 Å². The first-order valence-corrected chi connectivity index (χ1v) is 9.35. The second kappa shape index (κ2) is 10.1. The van der Waals surface area contributed by atoms with Crippen molar-refractivity contribution in [3.63, 3.8) is 0 Å². The Morgan fingerprint density at radius 2 is 1.93 bits per heavy atom. The van der Waals surface area contributed by atoms with Crippen LogP contribution in [-0.2, 0) is 14.3 Å². The molecule has 0 radical (unpaired) electrons. The summed E-state index contributed by atoms with van der Waals surface area (Å²) in [5, 5.41) is 5.66. The van der Waals surface area contributed by atoms with Crippen LogP contribution in [0.2, 0.25) is 5.02 Å². The lowest BCUT2D eigenvalue weighted by atomic mass is 10.2. The Kier molecular flexibility index (Phi) is 7.83. The van der Waals surface area contributed by atoms with Crippen molar-refractivity contribution >= 4 is 51.0 Å². The van der Waals surface area contributed by atoms with Crippen LogP contribution in [0.5, 0.6) is 5.75 Å². The second-order valence-electron chi connectivity index (χ2n) is 5.66. The number of benzene rings is 2. The Labute approximate surface area is 175 Å². The number of anilines is 1. The molecule has 9 heteroatoms. The second-order valence-corrected chi connectivity index (χ2v) is 6.95. The quantitative estimate of drug-likeness (QED) is 0.606. The van der Waals surface area contributed by atoms with Crippen LogP contribution in [-0.4, -0.2) is 37.5 Å². The van der Waals surface area contributed by atoms with Gasteiger partial charge in [0.05, 0.1) is 11.6 Å². The van der Waals surface area contributed by atoms with Crippen molar-refractivity contribution in [1.29, 1.82) is 0 Å². The van der Waals surface area contributed by atoms with E-state index in [-0.39, 0.29) is 12.1 Å². The van der Waals surface area contributed by atoms with Gasteiger partial charge in [0, 0.05) is 16.3 Å². The van der Waals surface area contributed by atoms with E-state index in [1.165, 1.54) is 13.2 Å². The van der Waals surface area contributed by atoms with Gasteiger partial charge in [-0.15, -0.1) is 0 Å². The molecule has 0 aromatic heterocycles. The number of nitrogens with one attached hydrogen (secondary N) is 2. The molecule has 2 aromatic carbocycles. The summed E-state index contributed by atoms with van der Waals surface area (Å²) in [6, 6.07) is 11.3. The Hall–Kier alpha value is -2.58. The number of rotatable bonds is 7. The summed E-state index contributed by atoms with van der Waals surface area (Å²) in [6.45, 7) is 1.36. The maximum atomic E-state index is 12.4. The molecule has 2 aromatic rings. The summed E-state index contributed by atoms with van der Waals surface area (Å²) >= 11 is 9.22. The van der Waals surface area contributed by atoms with Gasteiger partial charge < -0.3 is 20.1 Å². The first-order valence-electron chi connectivity index (χ1n) is 8.18. The molecule has 0 aliphatic carbocycles.